The van der Waals surface area contributed by atoms with Gasteiger partial charge in [0.15, 0.2) is 0 Å². The van der Waals surface area contributed by atoms with Crippen LogP contribution in [0.2, 0.25) is 0 Å². The third-order valence-electron chi connectivity index (χ3n) is 2.81. The summed E-state index contributed by atoms with van der Waals surface area (Å²) in [5.41, 5.74) is 0.736. The lowest BCUT2D eigenvalue weighted by Crippen LogP contribution is -2.43. The van der Waals surface area contributed by atoms with Crippen LogP contribution in [0.5, 0.6) is 0 Å². The van der Waals surface area contributed by atoms with Crippen molar-refractivity contribution in [1.82, 2.24) is 25.2 Å². The Morgan fingerprint density at radius 2 is 2.40 bits per heavy atom. The maximum absolute atomic E-state index is 12.0. The minimum Gasteiger partial charge on any atom is -0.361 e. The fourth-order valence-corrected chi connectivity index (χ4v) is 1.86. The van der Waals surface area contributed by atoms with E-state index in [1.165, 1.54) is 0 Å². The highest BCUT2D eigenvalue weighted by Crippen LogP contribution is 2.04. The lowest BCUT2D eigenvalue weighted by atomic mass is 10.3. The number of aromatic nitrogens is 3. The summed E-state index contributed by atoms with van der Waals surface area (Å²) in [5, 5.41) is 10.9. The minimum atomic E-state index is -0.148. The molecule has 0 aliphatic carbocycles. The van der Waals surface area contributed by atoms with Gasteiger partial charge in [-0.2, -0.15) is 5.10 Å². The van der Waals surface area contributed by atoms with Gasteiger partial charge in [0.1, 0.15) is 11.5 Å². The van der Waals surface area contributed by atoms with Crippen molar-refractivity contribution in [3.63, 3.8) is 0 Å². The molecule has 0 bridgehead atoms. The third kappa shape index (κ3) is 3.84. The quantitative estimate of drug-likeness (QED) is 0.896. The van der Waals surface area contributed by atoms with Crippen molar-refractivity contribution in [2.24, 2.45) is 0 Å². The number of nitrogens with one attached hydrogen (secondary N) is 1. The number of carbonyl (C=O) groups is 1. The zero-order valence-electron chi connectivity index (χ0n) is 11.9. The number of aryl methyl sites for hydroxylation is 1. The first-order chi connectivity index (χ1) is 9.54. The molecule has 108 valence electrons. The molecule has 20 heavy (non-hydrogen) atoms. The predicted molar refractivity (Wildman–Crippen MR) is 72.9 cm³/mol. The van der Waals surface area contributed by atoms with Gasteiger partial charge >= 0.3 is 6.03 Å². The monoisotopic (exact) mass is 277 g/mol. The molecule has 1 N–H and O–H groups in total. The highest BCUT2D eigenvalue weighted by atomic mass is 16.5. The third-order valence-corrected chi connectivity index (χ3v) is 2.81. The zero-order chi connectivity index (χ0) is 14.5. The van der Waals surface area contributed by atoms with E-state index in [2.05, 4.69) is 15.6 Å². The van der Waals surface area contributed by atoms with Gasteiger partial charge in [0.25, 0.3) is 0 Å². The van der Waals surface area contributed by atoms with Crippen LogP contribution in [-0.2, 0) is 13.1 Å². The van der Waals surface area contributed by atoms with E-state index in [4.69, 9.17) is 4.52 Å². The Kier molecular flexibility index (Phi) is 4.39. The fraction of sp³-hybridized carbons (Fsp3) is 0.462. The van der Waals surface area contributed by atoms with Crippen molar-refractivity contribution in [1.29, 1.82) is 0 Å². The molecule has 2 heterocycles. The van der Waals surface area contributed by atoms with Gasteiger partial charge in [0.05, 0.1) is 13.1 Å². The van der Waals surface area contributed by atoms with Crippen molar-refractivity contribution in [3.05, 3.63) is 36.0 Å². The summed E-state index contributed by atoms with van der Waals surface area (Å²) in [6.07, 6.45) is 3.58. The van der Waals surface area contributed by atoms with Gasteiger partial charge in [0.2, 0.25) is 0 Å². The highest BCUT2D eigenvalue weighted by Gasteiger charge is 2.14. The topological polar surface area (TPSA) is 76.2 Å². The largest absolute Gasteiger partial charge is 0.361 e. The molecule has 0 aliphatic heterocycles. The van der Waals surface area contributed by atoms with E-state index in [1.807, 2.05) is 32.2 Å². The van der Waals surface area contributed by atoms with Gasteiger partial charge in [0, 0.05) is 31.5 Å². The molecule has 7 heteroatoms. The smallest absolute Gasteiger partial charge is 0.317 e. The maximum Gasteiger partial charge on any atom is 0.317 e. The standard InChI is InChI=1S/C13H19N5O2/c1-10(8-18-6-4-5-14-18)15-13(19)17(3)9-12-7-11(2)20-16-12/h4-7,10H,8-9H2,1-3H3,(H,15,19)/t10-/m1/s1. The molecular formula is C13H19N5O2. The lowest BCUT2D eigenvalue weighted by molar-refractivity contribution is 0.200. The van der Waals surface area contributed by atoms with Gasteiger partial charge in [-0.25, -0.2) is 4.79 Å². The van der Waals surface area contributed by atoms with Crippen LogP contribution in [0.3, 0.4) is 0 Å². The summed E-state index contributed by atoms with van der Waals surface area (Å²) >= 11 is 0. The Labute approximate surface area is 117 Å². The van der Waals surface area contributed by atoms with Gasteiger partial charge in [-0.3, -0.25) is 4.68 Å². The first kappa shape index (κ1) is 14.1. The average Bonchev–Trinajstić information content (AvgIpc) is 3.01. The van der Waals surface area contributed by atoms with Crippen LogP contribution in [-0.4, -0.2) is 39.0 Å². The fourth-order valence-electron chi connectivity index (χ4n) is 1.86. The maximum atomic E-state index is 12.0. The number of carbonyl (C=O) groups excluding carboxylic acids is 1. The molecule has 2 rings (SSSR count). The Bertz CT molecular complexity index is 549. The number of hydrogen-bond donors (Lipinski definition) is 1. The first-order valence-corrected chi connectivity index (χ1v) is 6.46. The highest BCUT2D eigenvalue weighted by molar-refractivity contribution is 5.74. The minimum absolute atomic E-state index is 0.0103. The van der Waals surface area contributed by atoms with Crippen LogP contribution in [0.1, 0.15) is 18.4 Å². The number of urea groups is 1. The molecule has 0 saturated carbocycles. The molecular weight excluding hydrogens is 258 g/mol. The summed E-state index contributed by atoms with van der Waals surface area (Å²) in [7, 11) is 1.72. The van der Waals surface area contributed by atoms with E-state index in [0.717, 1.165) is 11.5 Å². The van der Waals surface area contributed by atoms with Crippen LogP contribution < -0.4 is 5.32 Å². The van der Waals surface area contributed by atoms with E-state index < -0.39 is 0 Å². The molecule has 2 amide bonds. The Morgan fingerprint density at radius 1 is 1.60 bits per heavy atom. The Balaban J connectivity index is 1.81. The Morgan fingerprint density at radius 3 is 3.00 bits per heavy atom. The van der Waals surface area contributed by atoms with Gasteiger partial charge in [-0.15, -0.1) is 0 Å². The molecule has 2 aromatic rings. The molecule has 0 aliphatic rings. The summed E-state index contributed by atoms with van der Waals surface area (Å²) in [4.78, 5) is 13.6. The molecule has 0 saturated heterocycles. The number of rotatable bonds is 5. The van der Waals surface area contributed by atoms with E-state index in [1.54, 1.807) is 22.8 Å². The number of nitrogens with zero attached hydrogens (tertiary/aromatic N) is 4. The normalized spacial score (nSPS) is 12.2. The van der Waals surface area contributed by atoms with E-state index >= 15 is 0 Å². The van der Waals surface area contributed by atoms with Crippen LogP contribution in [0.25, 0.3) is 0 Å². The molecule has 0 unspecified atom stereocenters. The molecule has 0 radical (unpaired) electrons. The molecule has 1 atom stereocenters. The summed E-state index contributed by atoms with van der Waals surface area (Å²) in [6.45, 7) is 4.81. The number of hydrogen-bond acceptors (Lipinski definition) is 4. The van der Waals surface area contributed by atoms with Crippen molar-refractivity contribution >= 4 is 6.03 Å². The van der Waals surface area contributed by atoms with Crippen LogP contribution in [0.15, 0.2) is 29.0 Å². The second-order valence-electron chi connectivity index (χ2n) is 4.86. The van der Waals surface area contributed by atoms with E-state index in [9.17, 15) is 4.79 Å². The van der Waals surface area contributed by atoms with Crippen molar-refractivity contribution in [2.45, 2.75) is 33.0 Å². The Hall–Kier alpha value is -2.31. The molecule has 2 aromatic heterocycles. The second-order valence-corrected chi connectivity index (χ2v) is 4.86. The van der Waals surface area contributed by atoms with Crippen molar-refractivity contribution in [2.75, 3.05) is 7.05 Å². The number of amides is 2. The second kappa shape index (κ2) is 6.23. The predicted octanol–water partition coefficient (Wildman–Crippen LogP) is 1.41. The van der Waals surface area contributed by atoms with Crippen LogP contribution in [0, 0.1) is 6.92 Å². The SMILES string of the molecule is Cc1cc(CN(C)C(=O)N[C@H](C)Cn2cccn2)no1. The first-order valence-electron chi connectivity index (χ1n) is 6.46. The summed E-state index contributed by atoms with van der Waals surface area (Å²) in [5.74, 6) is 0.737. The van der Waals surface area contributed by atoms with E-state index in [-0.39, 0.29) is 12.1 Å². The lowest BCUT2D eigenvalue weighted by Gasteiger charge is -2.20. The molecule has 0 fully saturated rings. The molecule has 0 spiro atoms. The van der Waals surface area contributed by atoms with Crippen LogP contribution in [0.4, 0.5) is 4.79 Å². The van der Waals surface area contributed by atoms with Gasteiger partial charge < -0.3 is 14.7 Å². The van der Waals surface area contributed by atoms with Crippen molar-refractivity contribution < 1.29 is 9.32 Å². The van der Waals surface area contributed by atoms with Gasteiger partial charge in [-0.1, -0.05) is 5.16 Å². The summed E-state index contributed by atoms with van der Waals surface area (Å²) in [6, 6.07) is 3.51. The van der Waals surface area contributed by atoms with Crippen molar-refractivity contribution in [3.8, 4) is 0 Å². The summed E-state index contributed by atoms with van der Waals surface area (Å²) < 4.78 is 6.76. The van der Waals surface area contributed by atoms with E-state index in [0.29, 0.717) is 13.1 Å². The molecule has 0 aromatic carbocycles. The average molecular weight is 277 g/mol. The van der Waals surface area contributed by atoms with Crippen LogP contribution >= 0.6 is 0 Å². The zero-order valence-corrected chi connectivity index (χ0v) is 11.9. The van der Waals surface area contributed by atoms with Gasteiger partial charge in [-0.05, 0) is 19.9 Å². The molecule has 7 nitrogen and oxygen atoms in total.